The van der Waals surface area contributed by atoms with Crippen LogP contribution >= 0.6 is 0 Å². The van der Waals surface area contributed by atoms with Gasteiger partial charge in [-0.05, 0) is 55.6 Å². The van der Waals surface area contributed by atoms with Gasteiger partial charge in [0.05, 0.1) is 5.92 Å². The minimum absolute atomic E-state index is 0.0943. The molecule has 1 aromatic rings. The Balaban J connectivity index is 1.83. The maximum Gasteiger partial charge on any atom is 0.306 e. The molecule has 1 aromatic carbocycles. The highest BCUT2D eigenvalue weighted by molar-refractivity contribution is 5.69. The van der Waals surface area contributed by atoms with Gasteiger partial charge in [-0.1, -0.05) is 37.6 Å². The van der Waals surface area contributed by atoms with E-state index in [4.69, 9.17) is 5.11 Å². The molecule has 104 valence electrons. The first-order chi connectivity index (χ1) is 9.19. The second-order valence-electron chi connectivity index (χ2n) is 5.83. The van der Waals surface area contributed by atoms with Gasteiger partial charge in [-0.25, -0.2) is 0 Å². The van der Waals surface area contributed by atoms with E-state index in [-0.39, 0.29) is 5.92 Å². The molecule has 2 heteroatoms. The van der Waals surface area contributed by atoms with Gasteiger partial charge in [0.2, 0.25) is 0 Å². The molecule has 1 N–H and O–H groups in total. The number of rotatable bonds is 5. The third-order valence-corrected chi connectivity index (χ3v) is 4.28. The first-order valence-electron chi connectivity index (χ1n) is 7.49. The predicted octanol–water partition coefficient (Wildman–Crippen LogP) is 4.07. The number of aliphatic carboxylic acids is 1. The molecule has 0 heterocycles. The topological polar surface area (TPSA) is 37.3 Å². The highest BCUT2D eigenvalue weighted by atomic mass is 16.4. The van der Waals surface area contributed by atoms with Crippen LogP contribution in [0.25, 0.3) is 0 Å². The summed E-state index contributed by atoms with van der Waals surface area (Å²) in [6.45, 7) is 2.20. The fraction of sp³-hybridized carbons (Fsp3) is 0.588. The van der Waals surface area contributed by atoms with Crippen molar-refractivity contribution in [2.45, 2.75) is 51.9 Å². The monoisotopic (exact) mass is 260 g/mol. The number of hydrogen-bond donors (Lipinski definition) is 1. The molecule has 2 rings (SSSR count). The number of hydrogen-bond acceptors (Lipinski definition) is 1. The Morgan fingerprint density at radius 1 is 1.11 bits per heavy atom. The van der Waals surface area contributed by atoms with Gasteiger partial charge in [0.15, 0.2) is 0 Å². The summed E-state index contributed by atoms with van der Waals surface area (Å²) >= 11 is 0. The van der Waals surface area contributed by atoms with Gasteiger partial charge in [-0.2, -0.15) is 0 Å². The highest BCUT2D eigenvalue weighted by Crippen LogP contribution is 2.31. The summed E-state index contributed by atoms with van der Waals surface area (Å²) in [6, 6.07) is 8.96. The van der Waals surface area contributed by atoms with Crippen LogP contribution in [0.15, 0.2) is 24.3 Å². The average molecular weight is 260 g/mol. The van der Waals surface area contributed by atoms with Crippen molar-refractivity contribution >= 4 is 5.97 Å². The molecule has 0 saturated heterocycles. The average Bonchev–Trinajstić information content (AvgIpc) is 2.42. The maximum atomic E-state index is 10.9. The van der Waals surface area contributed by atoms with Gasteiger partial charge < -0.3 is 5.11 Å². The van der Waals surface area contributed by atoms with Crippen LogP contribution in [0.2, 0.25) is 0 Å². The molecule has 0 atom stereocenters. The number of aryl methyl sites for hydroxylation is 1. The first kappa shape index (κ1) is 14.1. The van der Waals surface area contributed by atoms with E-state index in [2.05, 4.69) is 31.2 Å². The number of benzene rings is 1. The molecule has 0 aliphatic heterocycles. The van der Waals surface area contributed by atoms with Gasteiger partial charge in [-0.15, -0.1) is 0 Å². The van der Waals surface area contributed by atoms with Crippen LogP contribution in [0.5, 0.6) is 0 Å². The van der Waals surface area contributed by atoms with Crippen molar-refractivity contribution in [2.24, 2.45) is 11.8 Å². The summed E-state index contributed by atoms with van der Waals surface area (Å²) < 4.78 is 0. The van der Waals surface area contributed by atoms with Crippen LogP contribution in [0, 0.1) is 11.8 Å². The Kier molecular flexibility index (Phi) is 5.00. The Hall–Kier alpha value is -1.31. The summed E-state index contributed by atoms with van der Waals surface area (Å²) in [5.74, 6) is -0.0295. The van der Waals surface area contributed by atoms with Gasteiger partial charge >= 0.3 is 5.97 Å². The molecule has 1 aliphatic rings. The van der Waals surface area contributed by atoms with Crippen LogP contribution in [0.3, 0.4) is 0 Å². The molecule has 0 radical (unpaired) electrons. The fourth-order valence-corrected chi connectivity index (χ4v) is 3.08. The summed E-state index contributed by atoms with van der Waals surface area (Å²) in [4.78, 5) is 10.9. The molecule has 19 heavy (non-hydrogen) atoms. The molecular weight excluding hydrogens is 236 g/mol. The number of carboxylic acids is 1. The lowest BCUT2D eigenvalue weighted by Crippen LogP contribution is -2.22. The van der Waals surface area contributed by atoms with Gasteiger partial charge in [-0.3, -0.25) is 4.79 Å². The van der Waals surface area contributed by atoms with Crippen molar-refractivity contribution in [1.82, 2.24) is 0 Å². The third kappa shape index (κ3) is 4.09. The van der Waals surface area contributed by atoms with E-state index in [1.165, 1.54) is 17.5 Å². The van der Waals surface area contributed by atoms with Crippen LogP contribution in [0.1, 0.15) is 50.2 Å². The lowest BCUT2D eigenvalue weighted by Gasteiger charge is -2.26. The molecule has 1 aliphatic carbocycles. The second kappa shape index (κ2) is 6.74. The Labute approximate surface area is 115 Å². The van der Waals surface area contributed by atoms with Gasteiger partial charge in [0, 0.05) is 0 Å². The van der Waals surface area contributed by atoms with Crippen LogP contribution < -0.4 is 0 Å². The lowest BCUT2D eigenvalue weighted by atomic mass is 9.79. The van der Waals surface area contributed by atoms with Crippen LogP contribution in [0.4, 0.5) is 0 Å². The van der Waals surface area contributed by atoms with E-state index < -0.39 is 5.97 Å². The Bertz CT molecular complexity index is 400. The van der Waals surface area contributed by atoms with Gasteiger partial charge in [0.1, 0.15) is 0 Å². The van der Waals surface area contributed by atoms with E-state index in [0.717, 1.165) is 38.5 Å². The van der Waals surface area contributed by atoms with Crippen molar-refractivity contribution in [1.29, 1.82) is 0 Å². The fourth-order valence-electron chi connectivity index (χ4n) is 3.08. The quantitative estimate of drug-likeness (QED) is 0.866. The highest BCUT2D eigenvalue weighted by Gasteiger charge is 2.25. The summed E-state index contributed by atoms with van der Waals surface area (Å²) in [5, 5.41) is 9.00. The molecule has 1 fully saturated rings. The lowest BCUT2D eigenvalue weighted by molar-refractivity contribution is -0.143. The zero-order valence-electron chi connectivity index (χ0n) is 11.8. The van der Waals surface area contributed by atoms with Crippen molar-refractivity contribution in [2.75, 3.05) is 0 Å². The molecule has 0 bridgehead atoms. The van der Waals surface area contributed by atoms with Gasteiger partial charge in [0.25, 0.3) is 0 Å². The zero-order valence-corrected chi connectivity index (χ0v) is 11.8. The number of carboxylic acid groups (broad SMARTS) is 1. The third-order valence-electron chi connectivity index (χ3n) is 4.28. The normalized spacial score (nSPS) is 23.2. The van der Waals surface area contributed by atoms with E-state index in [9.17, 15) is 4.79 Å². The molecule has 1 saturated carbocycles. The van der Waals surface area contributed by atoms with E-state index in [1.54, 1.807) is 0 Å². The van der Waals surface area contributed by atoms with Crippen molar-refractivity contribution in [3.05, 3.63) is 35.4 Å². The van der Waals surface area contributed by atoms with E-state index >= 15 is 0 Å². The van der Waals surface area contributed by atoms with Crippen LogP contribution in [-0.4, -0.2) is 11.1 Å². The molecule has 0 spiro atoms. The summed E-state index contributed by atoms with van der Waals surface area (Å²) in [5.41, 5.74) is 2.82. The molecule has 2 nitrogen and oxygen atoms in total. The summed E-state index contributed by atoms with van der Waals surface area (Å²) in [7, 11) is 0. The number of carbonyl (C=O) groups is 1. The first-order valence-corrected chi connectivity index (χ1v) is 7.49. The van der Waals surface area contributed by atoms with Crippen molar-refractivity contribution in [3.8, 4) is 0 Å². The van der Waals surface area contributed by atoms with Crippen LogP contribution in [-0.2, 0) is 17.6 Å². The minimum atomic E-state index is -0.609. The molecule has 0 aromatic heterocycles. The standard InChI is InChI=1S/C17H24O2/c1-2-3-13-4-6-14(7-5-13)12-15-8-10-16(11-9-15)17(18)19/h4-7,15-16H,2-3,8-12H2,1H3,(H,18,19). The van der Waals surface area contributed by atoms with Crippen molar-refractivity contribution in [3.63, 3.8) is 0 Å². The Morgan fingerprint density at radius 2 is 1.68 bits per heavy atom. The Morgan fingerprint density at radius 3 is 2.21 bits per heavy atom. The summed E-state index contributed by atoms with van der Waals surface area (Å²) in [6.07, 6.45) is 7.30. The minimum Gasteiger partial charge on any atom is -0.481 e. The predicted molar refractivity (Wildman–Crippen MR) is 77.2 cm³/mol. The molecule has 0 unspecified atom stereocenters. The zero-order chi connectivity index (χ0) is 13.7. The van der Waals surface area contributed by atoms with Crippen molar-refractivity contribution < 1.29 is 9.90 Å². The SMILES string of the molecule is CCCc1ccc(CC2CCC(C(=O)O)CC2)cc1. The molecule has 0 amide bonds. The second-order valence-corrected chi connectivity index (χ2v) is 5.83. The molecular formula is C17H24O2. The maximum absolute atomic E-state index is 10.9. The largest absolute Gasteiger partial charge is 0.481 e. The smallest absolute Gasteiger partial charge is 0.306 e. The van der Waals surface area contributed by atoms with E-state index in [1.807, 2.05) is 0 Å². The van der Waals surface area contributed by atoms with E-state index in [0.29, 0.717) is 5.92 Å².